The molecule has 0 bridgehead atoms. The van der Waals surface area contributed by atoms with Crippen molar-refractivity contribution in [1.82, 2.24) is 0 Å². The van der Waals surface area contributed by atoms with E-state index in [1.807, 2.05) is 13.8 Å². The van der Waals surface area contributed by atoms with E-state index in [1.165, 1.54) is 0 Å². The van der Waals surface area contributed by atoms with Crippen molar-refractivity contribution >= 4 is 11.8 Å². The molecule has 4 nitrogen and oxygen atoms in total. The van der Waals surface area contributed by atoms with Gasteiger partial charge in [0.05, 0.1) is 0 Å². The summed E-state index contributed by atoms with van der Waals surface area (Å²) in [5, 5.41) is 0. The minimum Gasteiger partial charge on any atom is -0.370 e. The Hall–Kier alpha value is -1.06. The van der Waals surface area contributed by atoms with Gasteiger partial charge in [0.2, 0.25) is 11.8 Å². The number of rotatable bonds is 8. The molecule has 0 aliphatic rings. The maximum atomic E-state index is 11.4. The monoisotopic (exact) mass is 242 g/mol. The first kappa shape index (κ1) is 15.9. The number of hydrogen-bond acceptors (Lipinski definition) is 2. The summed E-state index contributed by atoms with van der Waals surface area (Å²) in [6.07, 6.45) is 4.13. The smallest absolute Gasteiger partial charge is 0.223 e. The molecule has 0 fully saturated rings. The van der Waals surface area contributed by atoms with Gasteiger partial charge in [-0.15, -0.1) is 0 Å². The number of carbonyl (C=O) groups is 2. The van der Waals surface area contributed by atoms with Crippen LogP contribution < -0.4 is 11.5 Å². The van der Waals surface area contributed by atoms with Gasteiger partial charge in [0.15, 0.2) is 0 Å². The Labute approximate surface area is 104 Å². The molecular formula is C13H26N2O2. The quantitative estimate of drug-likeness (QED) is 0.637. The van der Waals surface area contributed by atoms with Crippen molar-refractivity contribution in [3.05, 3.63) is 0 Å². The minimum absolute atomic E-state index is 0.133. The number of carbonyl (C=O) groups excluding carboxylic acids is 2. The highest BCUT2D eigenvalue weighted by Crippen LogP contribution is 2.42. The van der Waals surface area contributed by atoms with Gasteiger partial charge >= 0.3 is 0 Å². The molecule has 17 heavy (non-hydrogen) atoms. The summed E-state index contributed by atoms with van der Waals surface area (Å²) in [5.74, 6) is -0.513. The molecule has 0 saturated carbocycles. The van der Waals surface area contributed by atoms with Crippen LogP contribution in [-0.2, 0) is 9.59 Å². The van der Waals surface area contributed by atoms with E-state index in [1.54, 1.807) is 0 Å². The summed E-state index contributed by atoms with van der Waals surface area (Å²) in [5.41, 5.74) is 9.85. The van der Waals surface area contributed by atoms with Gasteiger partial charge in [-0.1, -0.05) is 40.5 Å². The first-order valence-corrected chi connectivity index (χ1v) is 6.19. The Balaban J connectivity index is 4.10. The van der Waals surface area contributed by atoms with Crippen molar-refractivity contribution < 1.29 is 9.59 Å². The van der Waals surface area contributed by atoms with Gasteiger partial charge in [-0.05, 0) is 18.3 Å². The average Bonchev–Trinajstić information content (AvgIpc) is 2.15. The summed E-state index contributed by atoms with van der Waals surface area (Å²) < 4.78 is 0. The summed E-state index contributed by atoms with van der Waals surface area (Å²) in [4.78, 5) is 22.0. The molecule has 0 aliphatic carbocycles. The zero-order valence-electron chi connectivity index (χ0n) is 11.5. The molecule has 4 heteroatoms. The fraction of sp³-hybridized carbons (Fsp3) is 0.846. The fourth-order valence-corrected chi connectivity index (χ4v) is 1.69. The molecule has 2 amide bonds. The summed E-state index contributed by atoms with van der Waals surface area (Å²) >= 11 is 0. The van der Waals surface area contributed by atoms with Gasteiger partial charge in [0, 0.05) is 11.8 Å². The molecule has 0 rings (SSSR count). The van der Waals surface area contributed by atoms with Crippen molar-refractivity contribution in [2.45, 2.75) is 59.8 Å². The Morgan fingerprint density at radius 3 is 1.88 bits per heavy atom. The van der Waals surface area contributed by atoms with Crippen LogP contribution in [0.1, 0.15) is 59.8 Å². The first-order chi connectivity index (χ1) is 7.61. The SMILES string of the molecule is CC(C)(CCCCCC(N)=O)C(C)(C)C(N)=O. The lowest BCUT2D eigenvalue weighted by atomic mass is 9.65. The molecule has 0 atom stereocenters. The number of hydrogen-bond donors (Lipinski definition) is 2. The summed E-state index contributed by atoms with van der Waals surface area (Å²) in [6.45, 7) is 7.90. The topological polar surface area (TPSA) is 86.2 Å². The zero-order valence-corrected chi connectivity index (χ0v) is 11.5. The molecule has 4 N–H and O–H groups in total. The van der Waals surface area contributed by atoms with Crippen LogP contribution in [0.5, 0.6) is 0 Å². The van der Waals surface area contributed by atoms with E-state index in [0.29, 0.717) is 6.42 Å². The van der Waals surface area contributed by atoms with Gasteiger partial charge in [-0.3, -0.25) is 9.59 Å². The highest BCUT2D eigenvalue weighted by molar-refractivity contribution is 5.80. The second-order valence-electron chi connectivity index (χ2n) is 5.90. The van der Waals surface area contributed by atoms with Crippen molar-refractivity contribution in [3.8, 4) is 0 Å². The van der Waals surface area contributed by atoms with Crippen molar-refractivity contribution in [3.63, 3.8) is 0 Å². The van der Waals surface area contributed by atoms with E-state index in [0.717, 1.165) is 25.7 Å². The van der Waals surface area contributed by atoms with Crippen LogP contribution in [0.3, 0.4) is 0 Å². The van der Waals surface area contributed by atoms with E-state index >= 15 is 0 Å². The van der Waals surface area contributed by atoms with Crippen LogP contribution in [-0.4, -0.2) is 11.8 Å². The Morgan fingerprint density at radius 2 is 1.47 bits per heavy atom. The molecule has 0 radical (unpaired) electrons. The van der Waals surface area contributed by atoms with E-state index in [2.05, 4.69) is 13.8 Å². The van der Waals surface area contributed by atoms with Gasteiger partial charge in [0.1, 0.15) is 0 Å². The molecule has 0 spiro atoms. The average molecular weight is 242 g/mol. The molecule has 0 heterocycles. The third-order valence-electron chi connectivity index (χ3n) is 4.03. The Kier molecular flexibility index (Phi) is 5.66. The summed E-state index contributed by atoms with van der Waals surface area (Å²) in [6, 6.07) is 0. The van der Waals surface area contributed by atoms with E-state index < -0.39 is 5.41 Å². The first-order valence-electron chi connectivity index (χ1n) is 6.19. The third kappa shape index (κ3) is 4.75. The second kappa shape index (κ2) is 6.03. The number of nitrogens with two attached hydrogens (primary N) is 2. The molecule has 0 aliphatic heterocycles. The lowest BCUT2D eigenvalue weighted by Gasteiger charge is -2.39. The fourth-order valence-electron chi connectivity index (χ4n) is 1.69. The number of primary amides is 2. The van der Waals surface area contributed by atoms with Crippen molar-refractivity contribution in [1.29, 1.82) is 0 Å². The van der Waals surface area contributed by atoms with Gasteiger partial charge in [-0.25, -0.2) is 0 Å². The lowest BCUT2D eigenvalue weighted by Crippen LogP contribution is -2.43. The molecule has 0 aromatic heterocycles. The van der Waals surface area contributed by atoms with E-state index in [-0.39, 0.29) is 17.2 Å². The van der Waals surface area contributed by atoms with Crippen LogP contribution in [0.4, 0.5) is 0 Å². The van der Waals surface area contributed by atoms with Crippen LogP contribution in [0.15, 0.2) is 0 Å². The van der Waals surface area contributed by atoms with Crippen LogP contribution in [0.25, 0.3) is 0 Å². The molecule has 0 unspecified atom stereocenters. The lowest BCUT2D eigenvalue weighted by molar-refractivity contribution is -0.132. The molecule has 100 valence electrons. The van der Waals surface area contributed by atoms with E-state index in [4.69, 9.17) is 11.5 Å². The molecular weight excluding hydrogens is 216 g/mol. The maximum absolute atomic E-state index is 11.4. The molecule has 0 saturated heterocycles. The summed E-state index contributed by atoms with van der Waals surface area (Å²) in [7, 11) is 0. The predicted octanol–water partition coefficient (Wildman–Crippen LogP) is 1.96. The minimum atomic E-state index is -0.517. The van der Waals surface area contributed by atoms with Crippen molar-refractivity contribution in [2.24, 2.45) is 22.3 Å². The van der Waals surface area contributed by atoms with E-state index in [9.17, 15) is 9.59 Å². The zero-order chi connectivity index (χ0) is 13.7. The van der Waals surface area contributed by atoms with Gasteiger partial charge < -0.3 is 11.5 Å². The Bertz CT molecular complexity index is 283. The molecule has 0 aromatic rings. The number of unbranched alkanes of at least 4 members (excludes halogenated alkanes) is 2. The van der Waals surface area contributed by atoms with Crippen LogP contribution in [0.2, 0.25) is 0 Å². The second-order valence-corrected chi connectivity index (χ2v) is 5.90. The highest BCUT2D eigenvalue weighted by atomic mass is 16.1. The largest absolute Gasteiger partial charge is 0.370 e. The standard InChI is InChI=1S/C13H26N2O2/c1-12(2,13(3,4)11(15)17)9-7-5-6-8-10(14)16/h5-9H2,1-4H3,(H2,14,16)(H2,15,17). The predicted molar refractivity (Wildman–Crippen MR) is 69.0 cm³/mol. The third-order valence-corrected chi connectivity index (χ3v) is 4.03. The van der Waals surface area contributed by atoms with Gasteiger partial charge in [-0.2, -0.15) is 0 Å². The number of amides is 2. The molecule has 0 aromatic carbocycles. The van der Waals surface area contributed by atoms with Gasteiger partial charge in [0.25, 0.3) is 0 Å². The highest BCUT2D eigenvalue weighted by Gasteiger charge is 2.40. The van der Waals surface area contributed by atoms with Crippen molar-refractivity contribution in [2.75, 3.05) is 0 Å². The normalized spacial score (nSPS) is 12.5. The van der Waals surface area contributed by atoms with Crippen LogP contribution in [0, 0.1) is 10.8 Å². The Morgan fingerprint density at radius 1 is 0.941 bits per heavy atom. The maximum Gasteiger partial charge on any atom is 0.223 e. The van der Waals surface area contributed by atoms with Crippen LogP contribution >= 0.6 is 0 Å².